The van der Waals surface area contributed by atoms with Crippen molar-refractivity contribution in [3.8, 4) is 11.1 Å². The second kappa shape index (κ2) is 28.3. The number of nitrogens with zero attached hydrogens (tertiary/aromatic N) is 6. The summed E-state index contributed by atoms with van der Waals surface area (Å²) in [7, 11) is 17.2. The SMILES string of the molecule is CN(C)CCCN(CCCN(C)C)CCOCCOCCC1(CCOCCOCCN(CCCN(C)C)CCCN(C)C)c2cc(C(C)(C)C)ccc2-c2ccc(C(C)(C)C)cc21. The maximum absolute atomic E-state index is 6.48. The molecular weight excluding hydrogens is 785 g/mol. The van der Waals surface area contributed by atoms with Gasteiger partial charge in [0.15, 0.2) is 0 Å². The van der Waals surface area contributed by atoms with Crippen LogP contribution in [0.2, 0.25) is 0 Å². The van der Waals surface area contributed by atoms with Crippen LogP contribution >= 0.6 is 0 Å². The third-order valence-electron chi connectivity index (χ3n) is 12.6. The van der Waals surface area contributed by atoms with E-state index in [9.17, 15) is 0 Å². The maximum atomic E-state index is 6.48. The van der Waals surface area contributed by atoms with Crippen molar-refractivity contribution in [1.29, 1.82) is 0 Å². The zero-order chi connectivity index (χ0) is 46.5. The summed E-state index contributed by atoms with van der Waals surface area (Å²) in [6.45, 7) is 29.9. The van der Waals surface area contributed by atoms with E-state index in [1.165, 1.54) is 59.1 Å². The highest BCUT2D eigenvalue weighted by molar-refractivity contribution is 5.82. The normalized spacial score (nSPS) is 14.1. The summed E-state index contributed by atoms with van der Waals surface area (Å²) in [6, 6.07) is 14.5. The van der Waals surface area contributed by atoms with Gasteiger partial charge in [-0.25, -0.2) is 0 Å². The Bertz CT molecular complexity index is 1390. The highest BCUT2D eigenvalue weighted by Crippen LogP contribution is 2.54. The van der Waals surface area contributed by atoms with Gasteiger partial charge in [0, 0.05) is 31.7 Å². The third-order valence-corrected chi connectivity index (χ3v) is 12.6. The van der Waals surface area contributed by atoms with Crippen molar-refractivity contribution in [3.05, 3.63) is 58.7 Å². The smallest absolute Gasteiger partial charge is 0.0701 e. The fourth-order valence-corrected chi connectivity index (χ4v) is 8.73. The first-order valence-electron chi connectivity index (χ1n) is 24.5. The molecule has 0 bridgehead atoms. The Morgan fingerprint density at radius 2 is 0.683 bits per heavy atom. The van der Waals surface area contributed by atoms with Crippen LogP contribution in [0.1, 0.15) is 102 Å². The molecule has 2 aromatic carbocycles. The summed E-state index contributed by atoms with van der Waals surface area (Å²) in [4.78, 5) is 14.2. The van der Waals surface area contributed by atoms with Crippen molar-refractivity contribution in [2.45, 2.75) is 96.3 Å². The highest BCUT2D eigenvalue weighted by atomic mass is 16.5. The highest BCUT2D eigenvalue weighted by Gasteiger charge is 2.44. The van der Waals surface area contributed by atoms with E-state index in [-0.39, 0.29) is 16.2 Å². The van der Waals surface area contributed by atoms with Gasteiger partial charge < -0.3 is 48.3 Å². The van der Waals surface area contributed by atoms with Gasteiger partial charge in [0.25, 0.3) is 0 Å². The van der Waals surface area contributed by atoms with Crippen LogP contribution in [0.5, 0.6) is 0 Å². The van der Waals surface area contributed by atoms with Crippen molar-refractivity contribution in [2.24, 2.45) is 0 Å². The molecule has 0 aliphatic heterocycles. The molecule has 2 aromatic rings. The zero-order valence-corrected chi connectivity index (χ0v) is 43.3. The van der Waals surface area contributed by atoms with Gasteiger partial charge in [-0.2, -0.15) is 0 Å². The van der Waals surface area contributed by atoms with Gasteiger partial charge in [0.05, 0.1) is 39.6 Å². The molecule has 0 heterocycles. The molecule has 1 aliphatic rings. The van der Waals surface area contributed by atoms with Crippen LogP contribution in [0.15, 0.2) is 36.4 Å². The number of hydrogen-bond acceptors (Lipinski definition) is 10. The van der Waals surface area contributed by atoms with E-state index in [0.29, 0.717) is 39.6 Å². The topological polar surface area (TPSA) is 56.4 Å². The minimum Gasteiger partial charge on any atom is -0.379 e. The average molecular weight is 881 g/mol. The molecule has 10 nitrogen and oxygen atoms in total. The molecule has 0 fully saturated rings. The fourth-order valence-electron chi connectivity index (χ4n) is 8.73. The number of benzene rings is 2. The minimum atomic E-state index is -0.228. The Kier molecular flexibility index (Phi) is 24.8. The summed E-state index contributed by atoms with van der Waals surface area (Å²) >= 11 is 0. The molecule has 3 rings (SSSR count). The van der Waals surface area contributed by atoms with Gasteiger partial charge in [0.2, 0.25) is 0 Å². The standard InChI is InChI=1S/C53H96N6O4/c1-51(2,3)45-19-21-47-48-22-20-46(52(4,5)6)44-50(48)53(49(47)43-45,23-35-60-39-41-62-37-33-58(29-15-25-54(7)8)30-16-26-55(9)10)24-36-61-40-42-63-38-34-59(31-17-27-56(11)12)32-18-28-57(13)14/h19-22,43-44H,15-18,23-42H2,1-14H3. The number of rotatable bonds is 34. The third kappa shape index (κ3) is 20.2. The molecule has 0 spiro atoms. The Labute approximate surface area is 387 Å². The van der Waals surface area contributed by atoms with E-state index in [0.717, 1.165) is 91.5 Å². The number of fused-ring (bicyclic) bond motifs is 3. The first kappa shape index (κ1) is 55.4. The summed E-state index contributed by atoms with van der Waals surface area (Å²) < 4.78 is 25.3. The zero-order valence-electron chi connectivity index (χ0n) is 43.3. The van der Waals surface area contributed by atoms with Crippen LogP contribution in [0.3, 0.4) is 0 Å². The largest absolute Gasteiger partial charge is 0.379 e. The van der Waals surface area contributed by atoms with Crippen LogP contribution < -0.4 is 0 Å². The molecule has 362 valence electrons. The summed E-state index contributed by atoms with van der Waals surface area (Å²) in [6.07, 6.45) is 6.47. The first-order chi connectivity index (χ1) is 29.8. The van der Waals surface area contributed by atoms with Crippen molar-refractivity contribution in [2.75, 3.05) is 175 Å². The minimum absolute atomic E-state index is 0.0381. The Morgan fingerprint density at radius 3 is 0.968 bits per heavy atom. The molecule has 1 aliphatic carbocycles. The van der Waals surface area contributed by atoms with Crippen LogP contribution in [-0.4, -0.2) is 204 Å². The van der Waals surface area contributed by atoms with Gasteiger partial charge in [0.1, 0.15) is 0 Å². The van der Waals surface area contributed by atoms with Crippen molar-refractivity contribution in [3.63, 3.8) is 0 Å². The predicted octanol–water partition coefficient (Wildman–Crippen LogP) is 7.81. The van der Waals surface area contributed by atoms with Crippen molar-refractivity contribution >= 4 is 0 Å². The van der Waals surface area contributed by atoms with E-state index in [4.69, 9.17) is 18.9 Å². The number of hydrogen-bond donors (Lipinski definition) is 0. The Morgan fingerprint density at radius 1 is 0.381 bits per heavy atom. The van der Waals surface area contributed by atoms with Gasteiger partial charge in [-0.05, 0) is 191 Å². The fraction of sp³-hybridized carbons (Fsp3) is 0.774. The summed E-state index contributed by atoms with van der Waals surface area (Å²) in [5.41, 5.74) is 8.13. The molecule has 0 atom stereocenters. The van der Waals surface area contributed by atoms with E-state index in [1.54, 1.807) is 0 Å². The lowest BCUT2D eigenvalue weighted by Gasteiger charge is -2.34. The molecule has 0 amide bonds. The molecule has 0 saturated heterocycles. The van der Waals surface area contributed by atoms with Gasteiger partial charge in [-0.1, -0.05) is 77.9 Å². The molecular formula is C53H96N6O4. The van der Waals surface area contributed by atoms with Crippen molar-refractivity contribution < 1.29 is 18.9 Å². The number of ether oxygens (including phenoxy) is 4. The lowest BCUT2D eigenvalue weighted by molar-refractivity contribution is 0.0246. The van der Waals surface area contributed by atoms with Crippen LogP contribution in [0.4, 0.5) is 0 Å². The van der Waals surface area contributed by atoms with Crippen LogP contribution in [-0.2, 0) is 35.2 Å². The summed E-state index contributed by atoms with van der Waals surface area (Å²) in [5, 5.41) is 0. The average Bonchev–Trinajstić information content (AvgIpc) is 3.46. The van der Waals surface area contributed by atoms with Crippen LogP contribution in [0, 0.1) is 0 Å². The molecule has 0 N–H and O–H groups in total. The van der Waals surface area contributed by atoms with Crippen molar-refractivity contribution in [1.82, 2.24) is 29.4 Å². The molecule has 0 aromatic heterocycles. The van der Waals surface area contributed by atoms with E-state index < -0.39 is 0 Å². The predicted molar refractivity (Wildman–Crippen MR) is 268 cm³/mol. The first-order valence-corrected chi connectivity index (χ1v) is 24.5. The molecule has 10 heteroatoms. The summed E-state index contributed by atoms with van der Waals surface area (Å²) in [5.74, 6) is 0. The van der Waals surface area contributed by atoms with E-state index in [2.05, 4.69) is 164 Å². The second-order valence-corrected chi connectivity index (χ2v) is 21.4. The Hall–Kier alpha value is -1.96. The molecule has 0 unspecified atom stereocenters. The maximum Gasteiger partial charge on any atom is 0.0701 e. The molecule has 0 radical (unpaired) electrons. The van der Waals surface area contributed by atoms with Gasteiger partial charge >= 0.3 is 0 Å². The molecule has 0 saturated carbocycles. The lowest BCUT2D eigenvalue weighted by atomic mass is 9.71. The molecule has 63 heavy (non-hydrogen) atoms. The van der Waals surface area contributed by atoms with Gasteiger partial charge in [-0.15, -0.1) is 0 Å². The van der Waals surface area contributed by atoms with E-state index in [1.807, 2.05) is 0 Å². The van der Waals surface area contributed by atoms with Gasteiger partial charge in [-0.3, -0.25) is 0 Å². The lowest BCUT2D eigenvalue weighted by Crippen LogP contribution is -2.33. The monoisotopic (exact) mass is 881 g/mol. The Balaban J connectivity index is 1.67. The second-order valence-electron chi connectivity index (χ2n) is 21.4. The quantitative estimate of drug-likeness (QED) is 0.0652. The van der Waals surface area contributed by atoms with Crippen LogP contribution in [0.25, 0.3) is 11.1 Å². The van der Waals surface area contributed by atoms with E-state index >= 15 is 0 Å².